The van der Waals surface area contributed by atoms with Crippen LogP contribution in [0.2, 0.25) is 0 Å². The highest BCUT2D eigenvalue weighted by Crippen LogP contribution is 2.22. The standard InChI is InChI=1S/C24H26N4O4/c29-22(25-18-9-11-19(12-10-18)27-15-5-2-6-16-27)17-32-24(31)21-13-14-23(30)28(26-21)20-7-3-1-4-8-20/h1,3-4,7-12H,2,5-6,13-17H2,(H,25,29). The van der Waals surface area contributed by atoms with E-state index in [1.807, 2.05) is 30.3 Å². The van der Waals surface area contributed by atoms with E-state index in [0.717, 1.165) is 18.8 Å². The van der Waals surface area contributed by atoms with Gasteiger partial charge in [-0.3, -0.25) is 9.59 Å². The molecule has 0 atom stereocenters. The molecule has 2 aromatic rings. The molecule has 0 spiro atoms. The number of para-hydroxylation sites is 1. The third-order valence-electron chi connectivity index (χ3n) is 5.48. The smallest absolute Gasteiger partial charge is 0.355 e. The minimum absolute atomic E-state index is 0.118. The van der Waals surface area contributed by atoms with E-state index in [9.17, 15) is 14.4 Å². The van der Waals surface area contributed by atoms with Crippen molar-refractivity contribution in [2.75, 3.05) is 34.9 Å². The van der Waals surface area contributed by atoms with Gasteiger partial charge in [0, 0.05) is 37.3 Å². The summed E-state index contributed by atoms with van der Waals surface area (Å²) in [6.45, 7) is 1.68. The Hall–Kier alpha value is -3.68. The molecule has 4 rings (SSSR count). The minimum Gasteiger partial charge on any atom is -0.451 e. The van der Waals surface area contributed by atoms with Crippen molar-refractivity contribution in [1.82, 2.24) is 0 Å². The van der Waals surface area contributed by atoms with Crippen LogP contribution in [0.5, 0.6) is 0 Å². The van der Waals surface area contributed by atoms with Crippen molar-refractivity contribution in [1.29, 1.82) is 0 Å². The number of anilines is 3. The van der Waals surface area contributed by atoms with Crippen molar-refractivity contribution >= 4 is 40.6 Å². The number of ether oxygens (including phenoxy) is 1. The summed E-state index contributed by atoms with van der Waals surface area (Å²) in [5.74, 6) is -1.33. The van der Waals surface area contributed by atoms with Gasteiger partial charge in [0.1, 0.15) is 5.71 Å². The van der Waals surface area contributed by atoms with E-state index in [-0.39, 0.29) is 24.5 Å². The summed E-state index contributed by atoms with van der Waals surface area (Å²) < 4.78 is 5.13. The predicted molar refractivity (Wildman–Crippen MR) is 123 cm³/mol. The summed E-state index contributed by atoms with van der Waals surface area (Å²) in [7, 11) is 0. The maximum absolute atomic E-state index is 12.4. The number of piperidine rings is 1. The van der Waals surface area contributed by atoms with E-state index in [2.05, 4.69) is 15.3 Å². The van der Waals surface area contributed by atoms with Crippen molar-refractivity contribution in [3.8, 4) is 0 Å². The Morgan fingerprint density at radius 1 is 0.906 bits per heavy atom. The molecular weight excluding hydrogens is 408 g/mol. The number of nitrogens with one attached hydrogen (secondary N) is 1. The van der Waals surface area contributed by atoms with Gasteiger partial charge in [0.05, 0.1) is 5.69 Å². The number of nitrogens with zero attached hydrogens (tertiary/aromatic N) is 3. The molecule has 32 heavy (non-hydrogen) atoms. The van der Waals surface area contributed by atoms with E-state index in [1.54, 1.807) is 24.3 Å². The van der Waals surface area contributed by atoms with Crippen molar-refractivity contribution < 1.29 is 19.1 Å². The number of hydrazone groups is 1. The van der Waals surface area contributed by atoms with Crippen LogP contribution in [0.3, 0.4) is 0 Å². The quantitative estimate of drug-likeness (QED) is 0.704. The largest absolute Gasteiger partial charge is 0.451 e. The first-order valence-corrected chi connectivity index (χ1v) is 10.9. The molecule has 2 aliphatic heterocycles. The fraction of sp³-hybridized carbons (Fsp3) is 0.333. The molecule has 1 fully saturated rings. The van der Waals surface area contributed by atoms with E-state index < -0.39 is 18.5 Å². The fourth-order valence-corrected chi connectivity index (χ4v) is 3.79. The van der Waals surface area contributed by atoms with Crippen LogP contribution in [-0.4, -0.2) is 43.2 Å². The van der Waals surface area contributed by atoms with Crippen LogP contribution in [0.25, 0.3) is 0 Å². The average molecular weight is 434 g/mol. The molecule has 0 bridgehead atoms. The number of hydrogen-bond donors (Lipinski definition) is 1. The van der Waals surface area contributed by atoms with Crippen molar-refractivity contribution in [3.05, 3.63) is 54.6 Å². The average Bonchev–Trinajstić information content (AvgIpc) is 2.84. The Morgan fingerprint density at radius 2 is 1.62 bits per heavy atom. The predicted octanol–water partition coefficient (Wildman–Crippen LogP) is 3.34. The third kappa shape index (κ3) is 5.32. The van der Waals surface area contributed by atoms with E-state index in [4.69, 9.17) is 4.74 Å². The first-order valence-electron chi connectivity index (χ1n) is 10.9. The van der Waals surface area contributed by atoms with Crippen LogP contribution in [0.15, 0.2) is 59.7 Å². The van der Waals surface area contributed by atoms with Crippen LogP contribution in [0.4, 0.5) is 17.1 Å². The lowest BCUT2D eigenvalue weighted by Crippen LogP contribution is -2.35. The molecule has 8 heteroatoms. The first kappa shape index (κ1) is 21.5. The Morgan fingerprint density at radius 3 is 2.34 bits per heavy atom. The second-order valence-electron chi connectivity index (χ2n) is 7.81. The second kappa shape index (κ2) is 10.1. The number of rotatable bonds is 6. The van der Waals surface area contributed by atoms with Crippen molar-refractivity contribution in [2.24, 2.45) is 5.10 Å². The molecule has 166 valence electrons. The van der Waals surface area contributed by atoms with Gasteiger partial charge >= 0.3 is 5.97 Å². The molecule has 2 aliphatic rings. The molecule has 0 saturated carbocycles. The highest BCUT2D eigenvalue weighted by Gasteiger charge is 2.26. The van der Waals surface area contributed by atoms with E-state index in [0.29, 0.717) is 11.4 Å². The number of benzene rings is 2. The third-order valence-corrected chi connectivity index (χ3v) is 5.48. The molecule has 2 amide bonds. The van der Waals surface area contributed by atoms with Crippen LogP contribution in [-0.2, 0) is 19.1 Å². The van der Waals surface area contributed by atoms with Gasteiger partial charge in [0.2, 0.25) is 5.91 Å². The number of carbonyl (C=O) groups excluding carboxylic acids is 3. The lowest BCUT2D eigenvalue weighted by atomic mass is 10.1. The molecule has 0 unspecified atom stereocenters. The van der Waals surface area contributed by atoms with Gasteiger partial charge in [-0.1, -0.05) is 18.2 Å². The number of amides is 2. The number of esters is 1. The van der Waals surface area contributed by atoms with Crippen LogP contribution >= 0.6 is 0 Å². The Kier molecular flexibility index (Phi) is 6.79. The highest BCUT2D eigenvalue weighted by atomic mass is 16.5. The Bertz CT molecular complexity index is 998. The zero-order valence-corrected chi connectivity index (χ0v) is 17.8. The lowest BCUT2D eigenvalue weighted by molar-refractivity contribution is -0.140. The molecule has 2 heterocycles. The first-order chi connectivity index (χ1) is 15.6. The van der Waals surface area contributed by atoms with Gasteiger partial charge < -0.3 is 15.0 Å². The van der Waals surface area contributed by atoms with Gasteiger partial charge in [-0.25, -0.2) is 9.80 Å². The van der Waals surface area contributed by atoms with Gasteiger partial charge in [-0.2, -0.15) is 5.10 Å². The molecule has 0 aromatic heterocycles. The monoisotopic (exact) mass is 434 g/mol. The molecule has 0 aliphatic carbocycles. The molecule has 1 saturated heterocycles. The summed E-state index contributed by atoms with van der Waals surface area (Å²) in [5, 5.41) is 8.07. The maximum Gasteiger partial charge on any atom is 0.355 e. The molecular formula is C24H26N4O4. The van der Waals surface area contributed by atoms with Gasteiger partial charge in [-0.05, 0) is 55.7 Å². The van der Waals surface area contributed by atoms with Crippen molar-refractivity contribution in [2.45, 2.75) is 32.1 Å². The normalized spacial score (nSPS) is 16.4. The van der Waals surface area contributed by atoms with Gasteiger partial charge in [0.15, 0.2) is 6.61 Å². The summed E-state index contributed by atoms with van der Waals surface area (Å²) in [4.78, 5) is 39.1. The molecule has 0 radical (unpaired) electrons. The zero-order valence-electron chi connectivity index (χ0n) is 17.8. The number of hydrogen-bond acceptors (Lipinski definition) is 6. The van der Waals surface area contributed by atoms with E-state index >= 15 is 0 Å². The lowest BCUT2D eigenvalue weighted by Gasteiger charge is -2.28. The zero-order chi connectivity index (χ0) is 22.3. The summed E-state index contributed by atoms with van der Waals surface area (Å²) in [5.41, 5.74) is 2.48. The van der Waals surface area contributed by atoms with Gasteiger partial charge in [0.25, 0.3) is 5.91 Å². The fourth-order valence-electron chi connectivity index (χ4n) is 3.79. The van der Waals surface area contributed by atoms with Crippen LogP contribution in [0.1, 0.15) is 32.1 Å². The SMILES string of the molecule is O=C(COC(=O)C1=NN(c2ccccc2)C(=O)CC1)Nc1ccc(N2CCCCC2)cc1. The second-order valence-corrected chi connectivity index (χ2v) is 7.81. The summed E-state index contributed by atoms with van der Waals surface area (Å²) in [6, 6.07) is 16.5. The number of carbonyl (C=O) groups is 3. The topological polar surface area (TPSA) is 91.3 Å². The van der Waals surface area contributed by atoms with E-state index in [1.165, 1.54) is 24.3 Å². The summed E-state index contributed by atoms with van der Waals surface area (Å²) in [6.07, 6.45) is 4.01. The Labute approximate surface area is 186 Å². The van der Waals surface area contributed by atoms with Crippen molar-refractivity contribution in [3.63, 3.8) is 0 Å². The van der Waals surface area contributed by atoms with Crippen LogP contribution in [0, 0.1) is 0 Å². The molecule has 1 N–H and O–H groups in total. The molecule has 2 aromatic carbocycles. The summed E-state index contributed by atoms with van der Waals surface area (Å²) >= 11 is 0. The van der Waals surface area contributed by atoms with Crippen LogP contribution < -0.4 is 15.2 Å². The maximum atomic E-state index is 12.4. The minimum atomic E-state index is -0.700. The molecule has 8 nitrogen and oxygen atoms in total. The Balaban J connectivity index is 1.30. The van der Waals surface area contributed by atoms with Gasteiger partial charge in [-0.15, -0.1) is 0 Å². The highest BCUT2D eigenvalue weighted by molar-refractivity contribution is 6.38.